The summed E-state index contributed by atoms with van der Waals surface area (Å²) < 4.78 is 0. The molecule has 26 N–H and O–H groups in total. The summed E-state index contributed by atoms with van der Waals surface area (Å²) in [5, 5.41) is 32.8. The number of nitrogens with zero attached hydrogens (tertiary/aromatic N) is 4. The van der Waals surface area contributed by atoms with Gasteiger partial charge in [-0.3, -0.25) is 67.7 Å². The molecule has 0 unspecified atom stereocenters. The Labute approximate surface area is 544 Å². The second-order valence-electron chi connectivity index (χ2n) is 21.8. The number of thiol groups is 2. The van der Waals surface area contributed by atoms with E-state index >= 15 is 0 Å². The van der Waals surface area contributed by atoms with Crippen LogP contribution in [0.3, 0.4) is 0 Å². The van der Waals surface area contributed by atoms with Gasteiger partial charge in [0, 0.05) is 44.1 Å². The number of carbonyl (C=O) groups excluding carboxylic acids is 11. The van der Waals surface area contributed by atoms with E-state index in [9.17, 15) is 57.8 Å². The van der Waals surface area contributed by atoms with Gasteiger partial charge in [0.05, 0.1) is 19.1 Å². The maximum absolute atomic E-state index is 14.6. The molecule has 92 heavy (non-hydrogen) atoms. The molecule has 1 saturated heterocycles. The molecule has 0 aromatic heterocycles. The number of amides is 11. The number of hydrogen-bond donors (Lipinski definition) is 20. The molecule has 3 rings (SSSR count). The Morgan fingerprint density at radius 3 is 1.55 bits per heavy atom. The lowest BCUT2D eigenvalue weighted by Crippen LogP contribution is -2.61. The maximum Gasteiger partial charge on any atom is 0.245 e. The lowest BCUT2D eigenvalue weighted by molar-refractivity contribution is -0.142. The zero-order chi connectivity index (χ0) is 68.5. The normalized spacial score (nSPS) is 15.4. The van der Waals surface area contributed by atoms with Crippen LogP contribution in [0.4, 0.5) is 0 Å². The number of likely N-dealkylation sites (tertiary alicyclic amines) is 1. The number of phenolic OH excluding ortho intramolecular Hbond substituents is 1. The topological polar surface area (TPSA) is 565 Å². The number of primary amides is 1. The molecule has 1 aliphatic heterocycles. The molecule has 0 radical (unpaired) electrons. The van der Waals surface area contributed by atoms with E-state index in [1.165, 1.54) is 17.0 Å². The van der Waals surface area contributed by atoms with Gasteiger partial charge in [0.15, 0.2) is 17.9 Å². The van der Waals surface area contributed by atoms with Crippen LogP contribution in [0, 0.1) is 5.92 Å². The molecule has 0 aliphatic carbocycles. The molecule has 10 atom stereocenters. The molecule has 0 spiro atoms. The SMILES string of the molecule is CC[C@H](C)[C@H](NC(=O)[C@H](CCCN=C(N)N)NC(=O)[C@H](CCCN=C(N)N)NC(=O)[C@H](CS)NC(=O)[C@H](Cc1ccccc1)NC(=O)CNC(=O)CNC(=O)[C@@H](N)Cc1ccc(O)cc1)C(=O)N[C@@H](CCCN=C(N)N)C(=O)N1CCC[C@H]1C(=O)N[C@@H](CS)C(N)=O. The van der Waals surface area contributed by atoms with Crippen LogP contribution in [0.25, 0.3) is 0 Å². The van der Waals surface area contributed by atoms with Gasteiger partial charge in [0.1, 0.15) is 54.1 Å². The smallest absolute Gasteiger partial charge is 0.245 e. The molecule has 1 aliphatic rings. The first-order valence-electron chi connectivity index (χ1n) is 29.9. The highest BCUT2D eigenvalue weighted by molar-refractivity contribution is 7.80. The molecule has 35 heteroatoms. The number of nitrogens with two attached hydrogens (primary N) is 8. The molecule has 11 amide bonds. The van der Waals surface area contributed by atoms with Crippen molar-refractivity contribution < 1.29 is 57.8 Å². The molecule has 33 nitrogen and oxygen atoms in total. The van der Waals surface area contributed by atoms with Crippen LogP contribution in [0.2, 0.25) is 0 Å². The van der Waals surface area contributed by atoms with Crippen molar-refractivity contribution in [2.45, 2.75) is 139 Å². The standard InChI is InChI=1S/C57H91N21O12S2/c1-3-31(2)45(53(89)74-38(15-9-23-68-57(64)65)54(90)78-24-10-16-42(78)52(88)75-40(29-91)46(59)82)77-49(85)37(14-8-22-67-56(62)63)72-48(84)36(13-7-21-66-55(60)61)73-51(87)41(30-92)76-50(86)39(26-32-11-5-4-6-12-32)71-44(81)28-69-43(80)27-70-47(83)35(58)25-33-17-19-34(79)20-18-33/h4-6,11-12,17-20,31,35-42,45,79,91-92H,3,7-10,13-16,21-30,58H2,1-2H3,(H2,59,82)(H,69,80)(H,70,83)(H,71,81)(H,72,84)(H,73,87)(H,74,89)(H,75,88)(H,76,86)(H,77,85)(H4,60,61,66)(H4,62,63,67)(H4,64,65,68)/t31-,35-,36-,37-,38-,39-,40-,41-,42-,45-/m0/s1. The minimum absolute atomic E-state index is 0.00355. The Hall–Kier alpha value is -9.12. The summed E-state index contributed by atoms with van der Waals surface area (Å²) in [7, 11) is 0. The summed E-state index contributed by atoms with van der Waals surface area (Å²) in [6.07, 6.45) is 1.05. The quantitative estimate of drug-likeness (QED) is 0.0128. The summed E-state index contributed by atoms with van der Waals surface area (Å²) >= 11 is 8.42. The minimum Gasteiger partial charge on any atom is -0.508 e. The first-order chi connectivity index (χ1) is 43.7. The van der Waals surface area contributed by atoms with Crippen molar-refractivity contribution in [1.29, 1.82) is 0 Å². The number of rotatable bonds is 40. The number of aromatic hydroxyl groups is 1. The third kappa shape index (κ3) is 28.0. The van der Waals surface area contributed by atoms with Crippen molar-refractivity contribution in [3.05, 3.63) is 65.7 Å². The molecule has 1 fully saturated rings. The number of carbonyl (C=O) groups is 11. The fourth-order valence-electron chi connectivity index (χ4n) is 9.33. The molecule has 0 saturated carbocycles. The molecule has 2 aromatic rings. The third-order valence-corrected chi connectivity index (χ3v) is 15.3. The van der Waals surface area contributed by atoms with Crippen LogP contribution in [0.1, 0.15) is 82.8 Å². The second kappa shape index (κ2) is 40.6. The van der Waals surface area contributed by atoms with Crippen molar-refractivity contribution in [2.24, 2.45) is 66.8 Å². The first kappa shape index (κ1) is 77.1. The van der Waals surface area contributed by atoms with Crippen LogP contribution in [-0.2, 0) is 65.6 Å². The molecule has 0 bridgehead atoms. The number of phenols is 1. The van der Waals surface area contributed by atoms with E-state index in [-0.39, 0.29) is 119 Å². The number of benzene rings is 2. The first-order valence-corrected chi connectivity index (χ1v) is 31.2. The van der Waals surface area contributed by atoms with E-state index < -0.39 is 138 Å². The number of guanidine groups is 3. The van der Waals surface area contributed by atoms with Crippen molar-refractivity contribution in [2.75, 3.05) is 50.8 Å². The number of nitrogens with one attached hydrogen (secondary N) is 9. The highest BCUT2D eigenvalue weighted by Crippen LogP contribution is 2.21. The van der Waals surface area contributed by atoms with E-state index in [1.54, 1.807) is 56.3 Å². The minimum atomic E-state index is -1.46. The van der Waals surface area contributed by atoms with Crippen molar-refractivity contribution >= 4 is 108 Å². The fourth-order valence-corrected chi connectivity index (χ4v) is 9.86. The highest BCUT2D eigenvalue weighted by Gasteiger charge is 2.40. The van der Waals surface area contributed by atoms with Crippen molar-refractivity contribution in [1.82, 2.24) is 52.8 Å². The molecular formula is C57H91N21O12S2. The average molecular weight is 1330 g/mol. The van der Waals surface area contributed by atoms with E-state index in [4.69, 9.17) is 45.9 Å². The van der Waals surface area contributed by atoms with Gasteiger partial charge in [-0.15, -0.1) is 0 Å². The predicted octanol–water partition coefficient (Wildman–Crippen LogP) is -6.33. The van der Waals surface area contributed by atoms with Gasteiger partial charge < -0.3 is 104 Å². The van der Waals surface area contributed by atoms with Crippen LogP contribution in [-0.4, -0.2) is 198 Å². The Morgan fingerprint density at radius 2 is 1.03 bits per heavy atom. The zero-order valence-corrected chi connectivity index (χ0v) is 53.4. The van der Waals surface area contributed by atoms with E-state index in [1.807, 2.05) is 0 Å². The molecule has 2 aromatic carbocycles. The summed E-state index contributed by atoms with van der Waals surface area (Å²) in [6.45, 7) is 2.43. The molecule has 1 heterocycles. The maximum atomic E-state index is 14.6. The van der Waals surface area contributed by atoms with Gasteiger partial charge in [0.2, 0.25) is 65.0 Å². The largest absolute Gasteiger partial charge is 0.508 e. The lowest BCUT2D eigenvalue weighted by atomic mass is 9.96. The summed E-state index contributed by atoms with van der Waals surface area (Å²) in [6, 6.07) is 3.04. The van der Waals surface area contributed by atoms with Gasteiger partial charge in [-0.25, -0.2) is 0 Å². The van der Waals surface area contributed by atoms with Crippen LogP contribution >= 0.6 is 25.3 Å². The van der Waals surface area contributed by atoms with E-state index in [0.29, 0.717) is 24.0 Å². The van der Waals surface area contributed by atoms with Gasteiger partial charge in [0.25, 0.3) is 0 Å². The molecule has 508 valence electrons. The molecular weight excluding hydrogens is 1230 g/mol. The second-order valence-corrected chi connectivity index (χ2v) is 22.5. The van der Waals surface area contributed by atoms with Crippen molar-refractivity contribution in [3.63, 3.8) is 0 Å². The van der Waals surface area contributed by atoms with Gasteiger partial charge in [-0.1, -0.05) is 62.7 Å². The Morgan fingerprint density at radius 1 is 0.554 bits per heavy atom. The third-order valence-electron chi connectivity index (χ3n) is 14.5. The Kier molecular flexibility index (Phi) is 34.0. The zero-order valence-electron chi connectivity index (χ0n) is 51.6. The number of aliphatic imine (C=N–C) groups is 3. The Bertz CT molecular complexity index is 2900. The monoisotopic (exact) mass is 1330 g/mol. The van der Waals surface area contributed by atoms with E-state index in [2.05, 4.69) is 88.1 Å². The van der Waals surface area contributed by atoms with Gasteiger partial charge in [-0.05, 0) is 87.0 Å². The van der Waals surface area contributed by atoms with E-state index in [0.717, 1.165) is 0 Å². The summed E-state index contributed by atoms with van der Waals surface area (Å²) in [5.74, 6) is -10.4. The lowest BCUT2D eigenvalue weighted by Gasteiger charge is -2.32. The van der Waals surface area contributed by atoms with Gasteiger partial charge in [-0.2, -0.15) is 25.3 Å². The van der Waals surface area contributed by atoms with Crippen LogP contribution in [0.5, 0.6) is 5.75 Å². The summed E-state index contributed by atoms with van der Waals surface area (Å²) in [5.41, 5.74) is 46.1. The van der Waals surface area contributed by atoms with Crippen LogP contribution in [0.15, 0.2) is 69.6 Å². The summed E-state index contributed by atoms with van der Waals surface area (Å²) in [4.78, 5) is 164. The number of hydrogen-bond acceptors (Lipinski definition) is 18. The predicted molar refractivity (Wildman–Crippen MR) is 350 cm³/mol. The van der Waals surface area contributed by atoms with Crippen LogP contribution < -0.4 is 93.7 Å². The Balaban J connectivity index is 1.87. The fraction of sp³-hybridized carbons (Fsp3) is 0.544. The average Bonchev–Trinajstić information content (AvgIpc) is 1.65. The highest BCUT2D eigenvalue weighted by atomic mass is 32.1. The van der Waals surface area contributed by atoms with Gasteiger partial charge >= 0.3 is 0 Å². The van der Waals surface area contributed by atoms with Crippen molar-refractivity contribution in [3.8, 4) is 5.75 Å².